The van der Waals surface area contributed by atoms with Crippen LogP contribution in [0.3, 0.4) is 0 Å². The number of allylic oxidation sites excluding steroid dienone is 1. The summed E-state index contributed by atoms with van der Waals surface area (Å²) in [5.74, 6) is 0.577. The molecule has 2 aliphatic rings. The molecular weight excluding hydrogens is 398 g/mol. The van der Waals surface area contributed by atoms with Gasteiger partial charge in [-0.2, -0.15) is 0 Å². The molecule has 1 fully saturated rings. The summed E-state index contributed by atoms with van der Waals surface area (Å²) in [5, 5.41) is 0.699. The molecular formula is C21H16ClNO2S2. The first-order valence-corrected chi connectivity index (χ1v) is 10.1. The minimum Gasteiger partial charge on any atom is -0.486 e. The molecule has 2 aliphatic heterocycles. The van der Waals surface area contributed by atoms with Gasteiger partial charge >= 0.3 is 0 Å². The van der Waals surface area contributed by atoms with Gasteiger partial charge in [0.25, 0.3) is 5.91 Å². The van der Waals surface area contributed by atoms with Gasteiger partial charge in [-0.15, -0.1) is 0 Å². The highest BCUT2D eigenvalue weighted by Crippen LogP contribution is 2.38. The highest BCUT2D eigenvalue weighted by Gasteiger charge is 2.34. The first-order valence-electron chi connectivity index (χ1n) is 8.48. The molecule has 3 nitrogen and oxygen atoms in total. The standard InChI is InChI=1S/C21H16ClNO2S2/c1-13-2-8-16(9-3-13)23-20(24)19(27-21(23)26)12-17-10-11-18(25-17)14-4-6-15(22)7-5-14/h2-10,12,18H,11H2,1H3/b19-12-. The van der Waals surface area contributed by atoms with Gasteiger partial charge in [-0.05, 0) is 48.9 Å². The van der Waals surface area contributed by atoms with Crippen LogP contribution in [-0.2, 0) is 9.53 Å². The van der Waals surface area contributed by atoms with Crippen molar-refractivity contribution in [2.75, 3.05) is 4.90 Å². The number of aryl methyl sites for hydroxylation is 1. The number of hydrogen-bond donors (Lipinski definition) is 0. The number of thiocarbonyl (C=S) groups is 1. The van der Waals surface area contributed by atoms with Gasteiger partial charge < -0.3 is 4.74 Å². The van der Waals surface area contributed by atoms with Crippen molar-refractivity contribution in [3.05, 3.63) is 87.5 Å². The highest BCUT2D eigenvalue weighted by atomic mass is 35.5. The number of carbonyl (C=O) groups excluding carboxylic acids is 1. The van der Waals surface area contributed by atoms with Crippen molar-refractivity contribution in [1.29, 1.82) is 0 Å². The van der Waals surface area contributed by atoms with Crippen LogP contribution in [0.2, 0.25) is 5.02 Å². The Hall–Kier alpha value is -2.08. The van der Waals surface area contributed by atoms with Crippen molar-refractivity contribution in [3.63, 3.8) is 0 Å². The third-order valence-electron chi connectivity index (χ3n) is 4.41. The lowest BCUT2D eigenvalue weighted by molar-refractivity contribution is -0.113. The largest absolute Gasteiger partial charge is 0.486 e. The Morgan fingerprint density at radius 1 is 1.19 bits per heavy atom. The van der Waals surface area contributed by atoms with Gasteiger partial charge in [0.2, 0.25) is 0 Å². The fraction of sp³-hybridized carbons (Fsp3) is 0.143. The van der Waals surface area contributed by atoms with E-state index < -0.39 is 0 Å². The first kappa shape index (κ1) is 18.3. The Bertz CT molecular complexity index is 965. The molecule has 1 amide bonds. The zero-order valence-electron chi connectivity index (χ0n) is 14.5. The Kier molecular flexibility index (Phi) is 5.08. The molecule has 0 N–H and O–H groups in total. The highest BCUT2D eigenvalue weighted by molar-refractivity contribution is 8.27. The molecule has 2 heterocycles. The molecule has 136 valence electrons. The van der Waals surface area contributed by atoms with E-state index in [1.807, 2.05) is 61.5 Å². The molecule has 2 aromatic rings. The van der Waals surface area contributed by atoms with Gasteiger partial charge in [-0.3, -0.25) is 9.69 Å². The van der Waals surface area contributed by atoms with Crippen LogP contribution in [0.4, 0.5) is 5.69 Å². The molecule has 4 rings (SSSR count). The van der Waals surface area contributed by atoms with Crippen LogP contribution < -0.4 is 4.90 Å². The van der Waals surface area contributed by atoms with Gasteiger partial charge in [0.1, 0.15) is 11.9 Å². The van der Waals surface area contributed by atoms with Crippen LogP contribution in [0, 0.1) is 6.92 Å². The minimum absolute atomic E-state index is 0.0595. The second-order valence-corrected chi connectivity index (χ2v) is 8.47. The molecule has 0 bridgehead atoms. The molecule has 1 atom stereocenters. The molecule has 27 heavy (non-hydrogen) atoms. The van der Waals surface area contributed by atoms with Gasteiger partial charge in [0, 0.05) is 11.4 Å². The Morgan fingerprint density at radius 2 is 1.89 bits per heavy atom. The normalized spacial score (nSPS) is 21.0. The smallest absolute Gasteiger partial charge is 0.270 e. The van der Waals surface area contributed by atoms with Gasteiger partial charge in [0.05, 0.1) is 10.6 Å². The quantitative estimate of drug-likeness (QED) is 0.459. The molecule has 0 aromatic heterocycles. The average Bonchev–Trinajstić information content (AvgIpc) is 3.22. The lowest BCUT2D eigenvalue weighted by Crippen LogP contribution is -2.27. The summed E-state index contributed by atoms with van der Waals surface area (Å²) in [6.45, 7) is 2.01. The summed E-state index contributed by atoms with van der Waals surface area (Å²) < 4.78 is 6.53. The number of amides is 1. The van der Waals surface area contributed by atoms with Gasteiger partial charge in [0.15, 0.2) is 4.32 Å². The van der Waals surface area contributed by atoms with Crippen molar-refractivity contribution in [3.8, 4) is 0 Å². The number of nitrogens with zero attached hydrogens (tertiary/aromatic N) is 1. The second-order valence-electron chi connectivity index (χ2n) is 6.35. The summed E-state index contributed by atoms with van der Waals surface area (Å²) in [7, 11) is 0. The number of anilines is 1. The Balaban J connectivity index is 1.50. The molecule has 0 radical (unpaired) electrons. The van der Waals surface area contributed by atoms with Crippen molar-refractivity contribution >= 4 is 51.5 Å². The van der Waals surface area contributed by atoms with E-state index in [4.69, 9.17) is 28.6 Å². The average molecular weight is 414 g/mol. The van der Waals surface area contributed by atoms with E-state index in [0.717, 1.165) is 23.2 Å². The number of ether oxygens (including phenoxy) is 1. The third-order valence-corrected chi connectivity index (χ3v) is 5.97. The maximum absolute atomic E-state index is 12.8. The van der Waals surface area contributed by atoms with Crippen molar-refractivity contribution < 1.29 is 9.53 Å². The topological polar surface area (TPSA) is 29.5 Å². The number of hydrogen-bond acceptors (Lipinski definition) is 4. The molecule has 1 unspecified atom stereocenters. The van der Waals surface area contributed by atoms with Crippen molar-refractivity contribution in [2.45, 2.75) is 19.4 Å². The van der Waals surface area contributed by atoms with E-state index in [0.29, 0.717) is 20.0 Å². The maximum atomic E-state index is 12.8. The summed E-state index contributed by atoms with van der Waals surface area (Å²) in [5.41, 5.74) is 2.98. The molecule has 1 saturated heterocycles. The fourth-order valence-electron chi connectivity index (χ4n) is 2.97. The van der Waals surface area contributed by atoms with Crippen LogP contribution in [0.25, 0.3) is 0 Å². The lowest BCUT2D eigenvalue weighted by atomic mass is 10.1. The molecule has 6 heteroatoms. The van der Waals surface area contributed by atoms with Crippen molar-refractivity contribution in [1.82, 2.24) is 0 Å². The van der Waals surface area contributed by atoms with Crippen LogP contribution in [0.1, 0.15) is 23.7 Å². The number of thioether (sulfide) groups is 1. The van der Waals surface area contributed by atoms with E-state index in [1.54, 1.807) is 11.0 Å². The summed E-state index contributed by atoms with van der Waals surface area (Å²) in [6, 6.07) is 15.4. The number of carbonyl (C=O) groups is 1. The third kappa shape index (κ3) is 3.81. The van der Waals surface area contributed by atoms with Crippen LogP contribution >= 0.6 is 35.6 Å². The molecule has 0 saturated carbocycles. The Morgan fingerprint density at radius 3 is 2.59 bits per heavy atom. The second kappa shape index (κ2) is 7.50. The molecule has 0 aliphatic carbocycles. The molecule has 0 spiro atoms. The number of rotatable bonds is 3. The zero-order valence-corrected chi connectivity index (χ0v) is 16.9. The van der Waals surface area contributed by atoms with Gasteiger partial charge in [-0.1, -0.05) is 65.4 Å². The predicted molar refractivity (Wildman–Crippen MR) is 115 cm³/mol. The first-order chi connectivity index (χ1) is 13.0. The number of halogens is 1. The van der Waals surface area contributed by atoms with E-state index in [2.05, 4.69) is 0 Å². The fourth-order valence-corrected chi connectivity index (χ4v) is 4.38. The van der Waals surface area contributed by atoms with Gasteiger partial charge in [-0.25, -0.2) is 0 Å². The van der Waals surface area contributed by atoms with Crippen LogP contribution in [0.5, 0.6) is 0 Å². The monoisotopic (exact) mass is 413 g/mol. The maximum Gasteiger partial charge on any atom is 0.270 e. The summed E-state index contributed by atoms with van der Waals surface area (Å²) in [6.07, 6.45) is 4.48. The summed E-state index contributed by atoms with van der Waals surface area (Å²) in [4.78, 5) is 15.0. The van der Waals surface area contributed by atoms with E-state index in [9.17, 15) is 4.79 Å². The summed E-state index contributed by atoms with van der Waals surface area (Å²) >= 11 is 12.7. The van der Waals surface area contributed by atoms with E-state index in [1.165, 1.54) is 11.8 Å². The molecule has 2 aromatic carbocycles. The van der Waals surface area contributed by atoms with Crippen LogP contribution in [0.15, 0.2) is 71.3 Å². The lowest BCUT2D eigenvalue weighted by Gasteiger charge is -2.14. The zero-order chi connectivity index (χ0) is 19.0. The van der Waals surface area contributed by atoms with E-state index in [-0.39, 0.29) is 12.0 Å². The van der Waals surface area contributed by atoms with Crippen LogP contribution in [-0.4, -0.2) is 10.2 Å². The van der Waals surface area contributed by atoms with Crippen molar-refractivity contribution in [2.24, 2.45) is 0 Å². The van der Waals surface area contributed by atoms with E-state index >= 15 is 0 Å². The minimum atomic E-state index is -0.117. The predicted octanol–water partition coefficient (Wildman–Crippen LogP) is 5.94. The SMILES string of the molecule is Cc1ccc(N2C(=O)/C(=C/C3=CCC(c4ccc(Cl)cc4)O3)SC2=S)cc1. The number of benzene rings is 2. The Labute approximate surface area is 172 Å².